The summed E-state index contributed by atoms with van der Waals surface area (Å²) in [5, 5.41) is 36.0. The van der Waals surface area contributed by atoms with Crippen molar-refractivity contribution in [1.29, 1.82) is 0 Å². The van der Waals surface area contributed by atoms with Crippen LogP contribution in [0.25, 0.3) is 0 Å². The van der Waals surface area contributed by atoms with Crippen molar-refractivity contribution < 1.29 is 25.2 Å². The number of aliphatic hydroxyl groups is 4. The fraction of sp³-hybridized carbons (Fsp3) is 1.00. The largest absolute Gasteiger partial charge is 0.394 e. The van der Waals surface area contributed by atoms with Crippen LogP contribution in [0, 0.1) is 0 Å². The molecule has 6 N–H and O–H groups in total. The van der Waals surface area contributed by atoms with Crippen molar-refractivity contribution >= 4 is 0 Å². The molecular weight excluding hydrogens is 166 g/mol. The Morgan fingerprint density at radius 1 is 1.17 bits per heavy atom. The average molecular weight is 179 g/mol. The zero-order valence-corrected chi connectivity index (χ0v) is 6.37. The predicted octanol–water partition coefficient (Wildman–Crippen LogP) is -3.26. The molecule has 0 aromatic carbocycles. The number of aliphatic hydroxyl groups excluding tert-OH is 4. The van der Waals surface area contributed by atoms with Gasteiger partial charge in [-0.25, -0.2) is 0 Å². The Bertz CT molecular complexity index is 150. The first-order valence-electron chi connectivity index (χ1n) is 3.64. The van der Waals surface area contributed by atoms with E-state index in [1.165, 1.54) is 0 Å². The summed E-state index contributed by atoms with van der Waals surface area (Å²) in [5.41, 5.74) is 5.33. The van der Waals surface area contributed by atoms with Crippen LogP contribution in [0.3, 0.4) is 0 Å². The Labute approximate surface area is 69.2 Å². The van der Waals surface area contributed by atoms with Gasteiger partial charge in [0.2, 0.25) is 0 Å². The van der Waals surface area contributed by atoms with Crippen LogP contribution < -0.4 is 5.73 Å². The molecule has 6 heteroatoms. The molecule has 0 amide bonds. The van der Waals surface area contributed by atoms with Crippen LogP contribution in [-0.2, 0) is 4.74 Å². The third-order valence-corrected chi connectivity index (χ3v) is 1.96. The molecule has 0 aromatic rings. The fourth-order valence-electron chi connectivity index (χ4n) is 1.13. The summed E-state index contributed by atoms with van der Waals surface area (Å²) >= 11 is 0. The molecule has 0 saturated carbocycles. The SMILES string of the molecule is N[C@@H]1[C@@H](O)[C@@H](O)O[C@H](CO)[C@H]1O. The smallest absolute Gasteiger partial charge is 0.183 e. The maximum Gasteiger partial charge on any atom is 0.183 e. The molecule has 0 bridgehead atoms. The summed E-state index contributed by atoms with van der Waals surface area (Å²) in [6.07, 6.45) is -4.85. The summed E-state index contributed by atoms with van der Waals surface area (Å²) < 4.78 is 4.66. The number of rotatable bonds is 1. The summed E-state index contributed by atoms with van der Waals surface area (Å²) in [5.74, 6) is 0. The van der Waals surface area contributed by atoms with E-state index < -0.39 is 37.3 Å². The van der Waals surface area contributed by atoms with Crippen LogP contribution in [0.2, 0.25) is 0 Å². The van der Waals surface area contributed by atoms with E-state index in [0.29, 0.717) is 0 Å². The van der Waals surface area contributed by atoms with Crippen molar-refractivity contribution in [3.05, 3.63) is 0 Å². The van der Waals surface area contributed by atoms with Gasteiger partial charge >= 0.3 is 0 Å². The lowest BCUT2D eigenvalue weighted by atomic mass is 9.97. The van der Waals surface area contributed by atoms with E-state index in [-0.39, 0.29) is 0 Å². The van der Waals surface area contributed by atoms with Gasteiger partial charge in [-0.3, -0.25) is 0 Å². The minimum absolute atomic E-state index is 0.446. The Morgan fingerprint density at radius 2 is 1.75 bits per heavy atom. The highest BCUT2D eigenvalue weighted by molar-refractivity contribution is 4.90. The minimum Gasteiger partial charge on any atom is -0.394 e. The van der Waals surface area contributed by atoms with Gasteiger partial charge in [-0.05, 0) is 0 Å². The summed E-state index contributed by atoms with van der Waals surface area (Å²) in [4.78, 5) is 0. The van der Waals surface area contributed by atoms with Gasteiger partial charge in [0.15, 0.2) is 6.29 Å². The van der Waals surface area contributed by atoms with Crippen molar-refractivity contribution in [1.82, 2.24) is 0 Å². The Balaban J connectivity index is 2.63. The van der Waals surface area contributed by atoms with Crippen LogP contribution in [0.5, 0.6) is 0 Å². The second-order valence-corrected chi connectivity index (χ2v) is 2.81. The summed E-state index contributed by atoms with van der Waals surface area (Å²) in [6.45, 7) is -0.446. The first-order valence-corrected chi connectivity index (χ1v) is 3.64. The van der Waals surface area contributed by atoms with Crippen molar-refractivity contribution in [2.24, 2.45) is 5.73 Å². The van der Waals surface area contributed by atoms with E-state index >= 15 is 0 Å². The maximum atomic E-state index is 9.24. The zero-order chi connectivity index (χ0) is 9.30. The Morgan fingerprint density at radius 3 is 2.25 bits per heavy atom. The molecule has 5 atom stereocenters. The van der Waals surface area contributed by atoms with Crippen LogP contribution in [0.15, 0.2) is 0 Å². The van der Waals surface area contributed by atoms with Gasteiger partial charge in [0.25, 0.3) is 0 Å². The van der Waals surface area contributed by atoms with E-state index in [9.17, 15) is 5.11 Å². The van der Waals surface area contributed by atoms with E-state index in [2.05, 4.69) is 4.74 Å². The predicted molar refractivity (Wildman–Crippen MR) is 38.0 cm³/mol. The van der Waals surface area contributed by atoms with Gasteiger partial charge in [0, 0.05) is 0 Å². The standard InChI is InChI=1S/C6H13NO5/c7-3-4(9)2(1-8)12-6(11)5(3)10/h2-6,8-11H,1,7H2/t2-,3+,4-,5-,6+/m1/s1. The number of hydrogen-bond acceptors (Lipinski definition) is 6. The molecule has 1 heterocycles. The second-order valence-electron chi connectivity index (χ2n) is 2.81. The highest BCUT2D eigenvalue weighted by atomic mass is 16.6. The van der Waals surface area contributed by atoms with E-state index in [4.69, 9.17) is 21.1 Å². The Hall–Kier alpha value is -0.240. The lowest BCUT2D eigenvalue weighted by molar-refractivity contribution is -0.258. The molecule has 0 aromatic heterocycles. The van der Waals surface area contributed by atoms with Crippen LogP contribution in [0.4, 0.5) is 0 Å². The monoisotopic (exact) mass is 179 g/mol. The highest BCUT2D eigenvalue weighted by Crippen LogP contribution is 2.17. The summed E-state index contributed by atoms with van der Waals surface area (Å²) in [6, 6.07) is -0.995. The third-order valence-electron chi connectivity index (χ3n) is 1.96. The molecule has 0 aliphatic carbocycles. The lowest BCUT2D eigenvalue weighted by Gasteiger charge is -2.38. The number of hydrogen-bond donors (Lipinski definition) is 5. The van der Waals surface area contributed by atoms with Gasteiger partial charge in [-0.15, -0.1) is 0 Å². The molecule has 1 aliphatic heterocycles. The lowest BCUT2D eigenvalue weighted by Crippen LogP contribution is -2.62. The fourth-order valence-corrected chi connectivity index (χ4v) is 1.13. The summed E-state index contributed by atoms with van der Waals surface area (Å²) in [7, 11) is 0. The van der Waals surface area contributed by atoms with Gasteiger partial charge in [-0.1, -0.05) is 0 Å². The topological polar surface area (TPSA) is 116 Å². The zero-order valence-electron chi connectivity index (χ0n) is 6.37. The molecule has 1 fully saturated rings. The van der Waals surface area contributed by atoms with Gasteiger partial charge in [0.05, 0.1) is 12.6 Å². The first-order chi connectivity index (χ1) is 5.57. The van der Waals surface area contributed by atoms with E-state index in [0.717, 1.165) is 0 Å². The average Bonchev–Trinajstić information content (AvgIpc) is 2.08. The quantitative estimate of drug-likeness (QED) is 0.288. The minimum atomic E-state index is -1.44. The van der Waals surface area contributed by atoms with Gasteiger partial charge in [0.1, 0.15) is 18.3 Å². The highest BCUT2D eigenvalue weighted by Gasteiger charge is 2.41. The van der Waals surface area contributed by atoms with Crippen molar-refractivity contribution in [2.45, 2.75) is 30.6 Å². The van der Waals surface area contributed by atoms with E-state index in [1.54, 1.807) is 0 Å². The second kappa shape index (κ2) is 3.65. The molecule has 12 heavy (non-hydrogen) atoms. The Kier molecular flexibility index (Phi) is 2.99. The number of nitrogens with two attached hydrogens (primary N) is 1. The van der Waals surface area contributed by atoms with E-state index in [1.807, 2.05) is 0 Å². The molecule has 0 radical (unpaired) electrons. The molecular formula is C6H13NO5. The van der Waals surface area contributed by atoms with Crippen LogP contribution in [-0.4, -0.2) is 57.7 Å². The van der Waals surface area contributed by atoms with Crippen LogP contribution >= 0.6 is 0 Å². The molecule has 0 unspecified atom stereocenters. The third kappa shape index (κ3) is 1.58. The normalized spacial score (nSPS) is 49.2. The number of ether oxygens (including phenoxy) is 1. The van der Waals surface area contributed by atoms with Gasteiger partial charge < -0.3 is 30.9 Å². The molecule has 1 saturated heterocycles. The molecule has 1 aliphatic rings. The molecule has 72 valence electrons. The van der Waals surface area contributed by atoms with Gasteiger partial charge in [-0.2, -0.15) is 0 Å². The maximum absolute atomic E-state index is 9.24. The first kappa shape index (κ1) is 9.85. The van der Waals surface area contributed by atoms with Crippen molar-refractivity contribution in [3.63, 3.8) is 0 Å². The molecule has 1 rings (SSSR count). The molecule has 6 nitrogen and oxygen atoms in total. The van der Waals surface area contributed by atoms with Crippen LogP contribution in [0.1, 0.15) is 0 Å². The van der Waals surface area contributed by atoms with Crippen molar-refractivity contribution in [3.8, 4) is 0 Å². The molecule has 0 spiro atoms. The van der Waals surface area contributed by atoms with Crippen molar-refractivity contribution in [2.75, 3.05) is 6.61 Å².